The standard InChI is InChI=1S/C12H10Cl2F3NO4/c1-2-22-10(20)11(21,12(15,16)17)18-9(19)7-4-3-6(13)5-8(7)14/h3-5,21H,2H2,1H3,(H,18,19)/t11-/m1/s1. The summed E-state index contributed by atoms with van der Waals surface area (Å²) < 4.78 is 42.8. The zero-order chi connectivity index (χ0) is 17.1. The van der Waals surface area contributed by atoms with Crippen molar-refractivity contribution in [2.24, 2.45) is 0 Å². The van der Waals surface area contributed by atoms with Crippen LogP contribution < -0.4 is 5.32 Å². The summed E-state index contributed by atoms with van der Waals surface area (Å²) in [6, 6.07) is 3.37. The third kappa shape index (κ3) is 3.82. The van der Waals surface area contributed by atoms with Gasteiger partial charge in [0.15, 0.2) is 0 Å². The molecule has 0 spiro atoms. The average molecular weight is 360 g/mol. The largest absolute Gasteiger partial charge is 0.462 e. The highest BCUT2D eigenvalue weighted by Crippen LogP contribution is 2.30. The molecule has 0 fully saturated rings. The van der Waals surface area contributed by atoms with Crippen LogP contribution in [0.25, 0.3) is 0 Å². The fraction of sp³-hybridized carbons (Fsp3) is 0.333. The molecule has 0 aromatic heterocycles. The first-order chi connectivity index (χ1) is 10.0. The van der Waals surface area contributed by atoms with Crippen molar-refractivity contribution < 1.29 is 32.6 Å². The van der Waals surface area contributed by atoms with Crippen LogP contribution in [0.1, 0.15) is 17.3 Å². The van der Waals surface area contributed by atoms with Crippen LogP contribution in [0, 0.1) is 0 Å². The van der Waals surface area contributed by atoms with Crippen molar-refractivity contribution in [1.82, 2.24) is 5.32 Å². The van der Waals surface area contributed by atoms with E-state index in [2.05, 4.69) is 4.74 Å². The maximum Gasteiger partial charge on any atom is 0.448 e. The molecular formula is C12H10Cl2F3NO4. The number of esters is 1. The SMILES string of the molecule is CCOC(=O)[C@](O)(NC(=O)c1ccc(Cl)cc1Cl)C(F)(F)F. The average Bonchev–Trinajstić information content (AvgIpc) is 2.37. The fourth-order valence-electron chi connectivity index (χ4n) is 1.38. The van der Waals surface area contributed by atoms with Crippen molar-refractivity contribution in [3.05, 3.63) is 33.8 Å². The fourth-order valence-corrected chi connectivity index (χ4v) is 1.87. The van der Waals surface area contributed by atoms with E-state index in [0.717, 1.165) is 12.1 Å². The molecule has 1 rings (SSSR count). The minimum absolute atomic E-state index is 0.151. The summed E-state index contributed by atoms with van der Waals surface area (Å²) >= 11 is 11.3. The highest BCUT2D eigenvalue weighted by molar-refractivity contribution is 6.36. The molecule has 0 aliphatic rings. The molecule has 0 saturated carbocycles. The van der Waals surface area contributed by atoms with Gasteiger partial charge in [-0.05, 0) is 25.1 Å². The zero-order valence-electron chi connectivity index (χ0n) is 11.0. The third-order valence-electron chi connectivity index (χ3n) is 2.45. The Balaban J connectivity index is 3.14. The van der Waals surface area contributed by atoms with Crippen molar-refractivity contribution in [3.63, 3.8) is 0 Å². The molecule has 122 valence electrons. The van der Waals surface area contributed by atoms with Crippen LogP contribution in [0.15, 0.2) is 18.2 Å². The number of alkyl halides is 3. The lowest BCUT2D eigenvalue weighted by Crippen LogP contribution is -2.64. The van der Waals surface area contributed by atoms with Gasteiger partial charge in [-0.25, -0.2) is 4.79 Å². The molecule has 0 saturated heterocycles. The number of aliphatic hydroxyl groups is 1. The number of ether oxygens (including phenoxy) is 1. The summed E-state index contributed by atoms with van der Waals surface area (Å²) in [6.07, 6.45) is -5.49. The van der Waals surface area contributed by atoms with Gasteiger partial charge < -0.3 is 15.2 Å². The number of carbonyl (C=O) groups is 2. The number of halogens is 5. The minimum Gasteiger partial charge on any atom is -0.462 e. The maximum absolute atomic E-state index is 12.9. The van der Waals surface area contributed by atoms with Gasteiger partial charge in [-0.3, -0.25) is 4.79 Å². The smallest absolute Gasteiger partial charge is 0.448 e. The molecule has 0 unspecified atom stereocenters. The van der Waals surface area contributed by atoms with E-state index in [4.69, 9.17) is 23.2 Å². The highest BCUT2D eigenvalue weighted by Gasteiger charge is 2.62. The van der Waals surface area contributed by atoms with Gasteiger partial charge in [0, 0.05) is 5.02 Å². The van der Waals surface area contributed by atoms with Crippen molar-refractivity contribution in [2.75, 3.05) is 6.61 Å². The Morgan fingerprint density at radius 3 is 2.36 bits per heavy atom. The number of benzene rings is 1. The van der Waals surface area contributed by atoms with E-state index >= 15 is 0 Å². The van der Waals surface area contributed by atoms with Gasteiger partial charge in [0.25, 0.3) is 5.91 Å². The Morgan fingerprint density at radius 2 is 1.91 bits per heavy atom. The molecular weight excluding hydrogens is 350 g/mol. The molecule has 10 heteroatoms. The second kappa shape index (κ2) is 6.72. The molecule has 0 radical (unpaired) electrons. The Labute approximate surface area is 133 Å². The lowest BCUT2D eigenvalue weighted by Gasteiger charge is -2.28. The van der Waals surface area contributed by atoms with Crippen molar-refractivity contribution in [3.8, 4) is 0 Å². The Hall–Kier alpha value is -1.51. The van der Waals surface area contributed by atoms with Crippen molar-refractivity contribution in [1.29, 1.82) is 0 Å². The van der Waals surface area contributed by atoms with E-state index in [-0.39, 0.29) is 10.0 Å². The van der Waals surface area contributed by atoms with Crippen LogP contribution >= 0.6 is 23.2 Å². The normalized spacial score (nSPS) is 14.1. The molecule has 0 aliphatic carbocycles. The van der Waals surface area contributed by atoms with E-state index < -0.39 is 35.9 Å². The predicted octanol–water partition coefficient (Wildman–Crippen LogP) is 2.54. The first kappa shape index (κ1) is 18.5. The number of carbonyl (C=O) groups excluding carboxylic acids is 2. The van der Waals surface area contributed by atoms with E-state index in [1.165, 1.54) is 18.3 Å². The predicted molar refractivity (Wildman–Crippen MR) is 71.6 cm³/mol. The van der Waals surface area contributed by atoms with Gasteiger partial charge in [-0.1, -0.05) is 23.2 Å². The van der Waals surface area contributed by atoms with Gasteiger partial charge in [0.1, 0.15) is 0 Å². The van der Waals surface area contributed by atoms with Crippen LogP contribution in [0.5, 0.6) is 0 Å². The molecule has 1 aromatic rings. The van der Waals surface area contributed by atoms with E-state index in [1.54, 1.807) is 0 Å². The summed E-state index contributed by atoms with van der Waals surface area (Å²) in [5.41, 5.74) is -4.60. The van der Waals surface area contributed by atoms with E-state index in [9.17, 15) is 27.9 Å². The molecule has 0 aliphatic heterocycles. The van der Waals surface area contributed by atoms with Crippen LogP contribution in [0.4, 0.5) is 13.2 Å². The first-order valence-electron chi connectivity index (χ1n) is 5.76. The van der Waals surface area contributed by atoms with Crippen LogP contribution in [-0.2, 0) is 9.53 Å². The minimum atomic E-state index is -5.49. The van der Waals surface area contributed by atoms with Crippen molar-refractivity contribution >= 4 is 35.1 Å². The number of rotatable bonds is 4. The monoisotopic (exact) mass is 359 g/mol. The number of nitrogens with one attached hydrogen (secondary N) is 1. The van der Waals surface area contributed by atoms with Gasteiger partial charge in [0.05, 0.1) is 17.2 Å². The second-order valence-electron chi connectivity index (χ2n) is 4.01. The molecule has 1 aromatic carbocycles. The lowest BCUT2D eigenvalue weighted by molar-refractivity contribution is -0.269. The highest BCUT2D eigenvalue weighted by atomic mass is 35.5. The van der Waals surface area contributed by atoms with Gasteiger partial charge in [-0.15, -0.1) is 0 Å². The van der Waals surface area contributed by atoms with Crippen LogP contribution in [-0.4, -0.2) is 35.5 Å². The topological polar surface area (TPSA) is 75.6 Å². The molecule has 22 heavy (non-hydrogen) atoms. The summed E-state index contributed by atoms with van der Waals surface area (Å²) in [7, 11) is 0. The molecule has 1 atom stereocenters. The molecule has 1 amide bonds. The maximum atomic E-state index is 12.9. The summed E-state index contributed by atoms with van der Waals surface area (Å²) in [5, 5.41) is 10.6. The molecule has 5 nitrogen and oxygen atoms in total. The second-order valence-corrected chi connectivity index (χ2v) is 4.85. The van der Waals surface area contributed by atoms with Crippen molar-refractivity contribution in [2.45, 2.75) is 18.8 Å². The Bertz CT molecular complexity index is 594. The summed E-state index contributed by atoms with van der Waals surface area (Å²) in [5.74, 6) is -3.48. The first-order valence-corrected chi connectivity index (χ1v) is 6.52. The van der Waals surface area contributed by atoms with Crippen LogP contribution in [0.3, 0.4) is 0 Å². The number of amides is 1. The molecule has 0 bridgehead atoms. The lowest BCUT2D eigenvalue weighted by atomic mass is 10.1. The number of hydrogen-bond donors (Lipinski definition) is 2. The Morgan fingerprint density at radius 1 is 1.32 bits per heavy atom. The van der Waals surface area contributed by atoms with Crippen LogP contribution in [0.2, 0.25) is 10.0 Å². The zero-order valence-corrected chi connectivity index (χ0v) is 12.5. The van der Waals surface area contributed by atoms with Gasteiger partial charge in [-0.2, -0.15) is 13.2 Å². The molecule has 0 heterocycles. The third-order valence-corrected chi connectivity index (χ3v) is 3.00. The van der Waals surface area contributed by atoms with Gasteiger partial charge >= 0.3 is 17.9 Å². The quantitative estimate of drug-likeness (QED) is 0.639. The van der Waals surface area contributed by atoms with E-state index in [0.29, 0.717) is 0 Å². The Kier molecular flexibility index (Phi) is 5.66. The number of hydrogen-bond acceptors (Lipinski definition) is 4. The summed E-state index contributed by atoms with van der Waals surface area (Å²) in [6.45, 7) is 0.821. The van der Waals surface area contributed by atoms with E-state index in [1.807, 2.05) is 0 Å². The molecule has 2 N–H and O–H groups in total. The summed E-state index contributed by atoms with van der Waals surface area (Å²) in [4.78, 5) is 23.2. The van der Waals surface area contributed by atoms with Gasteiger partial charge in [0.2, 0.25) is 0 Å².